The fraction of sp³-hybridized carbons (Fsp3) is 0.200. The first kappa shape index (κ1) is 10.4. The average molecular weight is 193 g/mol. The fourth-order valence-electron chi connectivity index (χ4n) is 1.08. The van der Waals surface area contributed by atoms with Crippen LogP contribution in [-0.2, 0) is 0 Å². The van der Waals surface area contributed by atoms with Crippen molar-refractivity contribution in [2.75, 3.05) is 6.61 Å². The molecule has 0 saturated heterocycles. The first-order chi connectivity index (χ1) is 6.65. The van der Waals surface area contributed by atoms with Crippen molar-refractivity contribution in [3.8, 4) is 0 Å². The van der Waals surface area contributed by atoms with Crippen molar-refractivity contribution < 1.29 is 10.0 Å². The van der Waals surface area contributed by atoms with E-state index in [9.17, 15) is 10.1 Å². The van der Waals surface area contributed by atoms with Gasteiger partial charge in [-0.25, -0.2) is 0 Å². The van der Waals surface area contributed by atoms with Gasteiger partial charge in [0, 0.05) is 6.08 Å². The fourth-order valence-corrected chi connectivity index (χ4v) is 1.08. The lowest BCUT2D eigenvalue weighted by atomic mass is 10.1. The molecule has 0 aliphatic rings. The van der Waals surface area contributed by atoms with Gasteiger partial charge in [-0.05, 0) is 18.1 Å². The average Bonchev–Trinajstić information content (AvgIpc) is 2.16. The SMILES string of the molecule is Cc1ccccc1/C=C(\CO)[N+](=O)[O-]. The summed E-state index contributed by atoms with van der Waals surface area (Å²) in [4.78, 5) is 9.85. The molecule has 0 spiro atoms. The molecule has 0 aliphatic heterocycles. The minimum absolute atomic E-state index is 0.195. The number of benzene rings is 1. The van der Waals surface area contributed by atoms with Gasteiger partial charge in [0.15, 0.2) is 0 Å². The van der Waals surface area contributed by atoms with Gasteiger partial charge < -0.3 is 5.11 Å². The van der Waals surface area contributed by atoms with Gasteiger partial charge in [0.1, 0.15) is 6.61 Å². The molecule has 74 valence electrons. The van der Waals surface area contributed by atoms with Crippen LogP contribution in [0, 0.1) is 17.0 Å². The molecule has 0 unspecified atom stereocenters. The van der Waals surface area contributed by atoms with E-state index in [1.54, 1.807) is 12.1 Å². The lowest BCUT2D eigenvalue weighted by Crippen LogP contribution is -2.02. The van der Waals surface area contributed by atoms with Crippen molar-refractivity contribution >= 4 is 6.08 Å². The van der Waals surface area contributed by atoms with Gasteiger partial charge in [-0.15, -0.1) is 0 Å². The molecular formula is C10H11NO3. The van der Waals surface area contributed by atoms with Gasteiger partial charge in [0.05, 0.1) is 4.92 Å². The van der Waals surface area contributed by atoms with Gasteiger partial charge in [-0.3, -0.25) is 10.1 Å². The van der Waals surface area contributed by atoms with Crippen LogP contribution in [0.5, 0.6) is 0 Å². The molecule has 0 amide bonds. The van der Waals surface area contributed by atoms with E-state index in [4.69, 9.17) is 5.11 Å². The zero-order chi connectivity index (χ0) is 10.6. The van der Waals surface area contributed by atoms with E-state index in [1.165, 1.54) is 6.08 Å². The number of rotatable bonds is 3. The molecule has 0 aliphatic carbocycles. The normalized spacial score (nSPS) is 11.4. The maximum Gasteiger partial charge on any atom is 0.272 e. The molecule has 0 atom stereocenters. The molecule has 0 heterocycles. The lowest BCUT2D eigenvalue weighted by Gasteiger charge is -1.99. The summed E-state index contributed by atoms with van der Waals surface area (Å²) in [6.07, 6.45) is 1.38. The number of nitro groups is 1. The molecule has 0 saturated carbocycles. The molecule has 0 radical (unpaired) electrons. The van der Waals surface area contributed by atoms with E-state index in [1.807, 2.05) is 19.1 Å². The Bertz CT molecular complexity index is 371. The van der Waals surface area contributed by atoms with Gasteiger partial charge in [0.2, 0.25) is 0 Å². The third-order valence-electron chi connectivity index (χ3n) is 1.91. The van der Waals surface area contributed by atoms with E-state index < -0.39 is 11.5 Å². The molecule has 1 aromatic rings. The number of nitrogens with zero attached hydrogens (tertiary/aromatic N) is 1. The number of aryl methyl sites for hydroxylation is 1. The van der Waals surface area contributed by atoms with Gasteiger partial charge in [-0.1, -0.05) is 24.3 Å². The van der Waals surface area contributed by atoms with E-state index in [0.29, 0.717) is 0 Å². The van der Waals surface area contributed by atoms with Crippen LogP contribution in [0.4, 0.5) is 0 Å². The van der Waals surface area contributed by atoms with E-state index in [-0.39, 0.29) is 5.70 Å². The van der Waals surface area contributed by atoms with E-state index in [0.717, 1.165) is 11.1 Å². The predicted octanol–water partition coefficient (Wildman–Crippen LogP) is 1.60. The monoisotopic (exact) mass is 193 g/mol. The Morgan fingerprint density at radius 3 is 2.71 bits per heavy atom. The van der Waals surface area contributed by atoms with Gasteiger partial charge >= 0.3 is 0 Å². The van der Waals surface area contributed by atoms with Crippen molar-refractivity contribution in [2.45, 2.75) is 6.92 Å². The molecule has 4 heteroatoms. The van der Waals surface area contributed by atoms with E-state index >= 15 is 0 Å². The Kier molecular flexibility index (Phi) is 3.36. The zero-order valence-corrected chi connectivity index (χ0v) is 7.80. The Balaban J connectivity index is 3.07. The van der Waals surface area contributed by atoms with Crippen LogP contribution in [0.3, 0.4) is 0 Å². The molecule has 0 bridgehead atoms. The summed E-state index contributed by atoms with van der Waals surface area (Å²) in [6.45, 7) is 1.31. The third-order valence-corrected chi connectivity index (χ3v) is 1.91. The van der Waals surface area contributed by atoms with Crippen molar-refractivity contribution in [1.29, 1.82) is 0 Å². The topological polar surface area (TPSA) is 63.4 Å². The standard InChI is InChI=1S/C10H11NO3/c1-8-4-2-3-5-9(8)6-10(7-12)11(13)14/h2-6,12H,7H2,1H3/b10-6+. The Labute approximate surface area is 81.6 Å². The van der Waals surface area contributed by atoms with Crippen molar-refractivity contribution in [2.24, 2.45) is 0 Å². The van der Waals surface area contributed by atoms with Gasteiger partial charge in [-0.2, -0.15) is 0 Å². The van der Waals surface area contributed by atoms with Crippen LogP contribution in [-0.4, -0.2) is 16.6 Å². The highest BCUT2D eigenvalue weighted by atomic mass is 16.6. The molecule has 4 nitrogen and oxygen atoms in total. The molecule has 0 fully saturated rings. The Hall–Kier alpha value is -1.68. The van der Waals surface area contributed by atoms with Crippen LogP contribution in [0.25, 0.3) is 6.08 Å². The largest absolute Gasteiger partial charge is 0.385 e. The number of aliphatic hydroxyl groups excluding tert-OH is 1. The summed E-state index contributed by atoms with van der Waals surface area (Å²) in [5.41, 5.74) is 1.51. The van der Waals surface area contributed by atoms with Crippen LogP contribution in [0.2, 0.25) is 0 Å². The van der Waals surface area contributed by atoms with Crippen molar-refractivity contribution in [1.82, 2.24) is 0 Å². The van der Waals surface area contributed by atoms with E-state index in [2.05, 4.69) is 0 Å². The number of hydrogen-bond donors (Lipinski definition) is 1. The molecule has 14 heavy (non-hydrogen) atoms. The zero-order valence-electron chi connectivity index (χ0n) is 7.80. The summed E-state index contributed by atoms with van der Waals surface area (Å²) in [5, 5.41) is 19.2. The summed E-state index contributed by atoms with van der Waals surface area (Å²) < 4.78 is 0. The molecule has 1 N–H and O–H groups in total. The third kappa shape index (κ3) is 2.40. The first-order valence-electron chi connectivity index (χ1n) is 4.16. The van der Waals surface area contributed by atoms with Crippen molar-refractivity contribution in [3.63, 3.8) is 0 Å². The second-order valence-electron chi connectivity index (χ2n) is 2.91. The molecule has 1 rings (SSSR count). The number of aliphatic hydroxyl groups is 1. The van der Waals surface area contributed by atoms with Crippen molar-refractivity contribution in [3.05, 3.63) is 51.2 Å². The second-order valence-corrected chi connectivity index (χ2v) is 2.91. The molecule has 1 aromatic carbocycles. The lowest BCUT2D eigenvalue weighted by molar-refractivity contribution is -0.428. The number of hydrogen-bond acceptors (Lipinski definition) is 3. The Morgan fingerprint density at radius 2 is 2.21 bits per heavy atom. The summed E-state index contributed by atoms with van der Waals surface area (Å²) in [7, 11) is 0. The highest BCUT2D eigenvalue weighted by Crippen LogP contribution is 2.11. The minimum atomic E-state index is -0.577. The predicted molar refractivity (Wildman–Crippen MR) is 53.2 cm³/mol. The van der Waals surface area contributed by atoms with Crippen LogP contribution >= 0.6 is 0 Å². The minimum Gasteiger partial charge on any atom is -0.385 e. The second kappa shape index (κ2) is 4.53. The molecule has 0 aromatic heterocycles. The van der Waals surface area contributed by atoms with Gasteiger partial charge in [0.25, 0.3) is 5.70 Å². The maximum absolute atomic E-state index is 10.4. The summed E-state index contributed by atoms with van der Waals surface area (Å²) >= 11 is 0. The van der Waals surface area contributed by atoms with Crippen LogP contribution in [0.1, 0.15) is 11.1 Å². The Morgan fingerprint density at radius 1 is 1.57 bits per heavy atom. The first-order valence-corrected chi connectivity index (χ1v) is 4.16. The quantitative estimate of drug-likeness (QED) is 0.585. The van der Waals surface area contributed by atoms with Crippen LogP contribution in [0.15, 0.2) is 30.0 Å². The maximum atomic E-state index is 10.4. The highest BCUT2D eigenvalue weighted by molar-refractivity contribution is 5.54. The molecular weight excluding hydrogens is 182 g/mol. The smallest absolute Gasteiger partial charge is 0.272 e. The summed E-state index contributed by atoms with van der Waals surface area (Å²) in [5.74, 6) is 0. The van der Waals surface area contributed by atoms with Crippen LogP contribution < -0.4 is 0 Å². The summed E-state index contributed by atoms with van der Waals surface area (Å²) in [6, 6.07) is 7.29. The highest BCUT2D eigenvalue weighted by Gasteiger charge is 2.08.